The summed E-state index contributed by atoms with van der Waals surface area (Å²) in [6.07, 6.45) is 2.22. The maximum Gasteiger partial charge on any atom is 0.227 e. The van der Waals surface area contributed by atoms with Crippen LogP contribution < -0.4 is 4.57 Å². The maximum absolute atomic E-state index is 6.26. The van der Waals surface area contributed by atoms with Crippen LogP contribution in [0, 0.1) is 20.8 Å². The normalized spacial score (nSPS) is 11.8. The molecule has 0 spiro atoms. The molecule has 4 rings (SSSR count). The van der Waals surface area contributed by atoms with Crippen LogP contribution in [0.2, 0.25) is 0 Å². The van der Waals surface area contributed by atoms with Crippen LogP contribution in [0.3, 0.4) is 0 Å². The summed E-state index contributed by atoms with van der Waals surface area (Å²) in [6.45, 7) is 10.8. The standard InChI is InChI=1S/C23H25N2O/c1-13(2)19-11-20(25(6)12-15(19)4)21-14(3)7-9-17-18-10-8-16(5)24-23(18)26-22(17)21/h7-13H,1-6H3/q+1. The molecule has 132 valence electrons. The Bertz CT molecular complexity index is 1150. The second-order valence-electron chi connectivity index (χ2n) is 7.60. The van der Waals surface area contributed by atoms with Crippen molar-refractivity contribution in [1.29, 1.82) is 0 Å². The summed E-state index contributed by atoms with van der Waals surface area (Å²) in [5.41, 5.74) is 8.84. The summed E-state index contributed by atoms with van der Waals surface area (Å²) in [6, 6.07) is 10.8. The Labute approximate surface area is 154 Å². The number of hydrogen-bond donors (Lipinski definition) is 0. The Morgan fingerprint density at radius 1 is 0.962 bits per heavy atom. The van der Waals surface area contributed by atoms with Crippen LogP contribution in [-0.2, 0) is 7.05 Å². The molecular formula is C23H25N2O+. The summed E-state index contributed by atoms with van der Waals surface area (Å²) in [4.78, 5) is 4.59. The van der Waals surface area contributed by atoms with Gasteiger partial charge in [-0.3, -0.25) is 0 Å². The van der Waals surface area contributed by atoms with Crippen LogP contribution in [0.25, 0.3) is 33.3 Å². The van der Waals surface area contributed by atoms with Gasteiger partial charge in [-0.2, -0.15) is 0 Å². The second-order valence-corrected chi connectivity index (χ2v) is 7.60. The fraction of sp³-hybridized carbons (Fsp3) is 0.304. The van der Waals surface area contributed by atoms with Crippen molar-refractivity contribution in [2.24, 2.45) is 7.05 Å². The van der Waals surface area contributed by atoms with E-state index in [2.05, 4.69) is 74.8 Å². The highest BCUT2D eigenvalue weighted by molar-refractivity contribution is 6.08. The lowest BCUT2D eigenvalue weighted by Gasteiger charge is -2.12. The third kappa shape index (κ3) is 2.50. The topological polar surface area (TPSA) is 29.9 Å². The molecule has 0 fully saturated rings. The van der Waals surface area contributed by atoms with Crippen LogP contribution in [0.1, 0.15) is 42.1 Å². The first kappa shape index (κ1) is 16.8. The summed E-state index contributed by atoms with van der Waals surface area (Å²) < 4.78 is 8.46. The van der Waals surface area contributed by atoms with Gasteiger partial charge in [-0.15, -0.1) is 0 Å². The smallest absolute Gasteiger partial charge is 0.227 e. The molecule has 1 aromatic carbocycles. The Morgan fingerprint density at radius 2 is 1.69 bits per heavy atom. The van der Waals surface area contributed by atoms with Crippen LogP contribution in [0.5, 0.6) is 0 Å². The zero-order chi connectivity index (χ0) is 18.6. The summed E-state index contributed by atoms with van der Waals surface area (Å²) >= 11 is 0. The fourth-order valence-electron chi connectivity index (χ4n) is 3.90. The molecule has 0 atom stereocenters. The van der Waals surface area contributed by atoms with Crippen molar-refractivity contribution in [1.82, 2.24) is 4.98 Å². The van der Waals surface area contributed by atoms with Gasteiger partial charge in [-0.1, -0.05) is 26.0 Å². The number of benzene rings is 1. The van der Waals surface area contributed by atoms with E-state index in [-0.39, 0.29) is 0 Å². The molecule has 3 heterocycles. The Balaban J connectivity index is 2.10. The van der Waals surface area contributed by atoms with E-state index >= 15 is 0 Å². The van der Waals surface area contributed by atoms with E-state index in [1.807, 2.05) is 13.0 Å². The molecule has 0 amide bonds. The van der Waals surface area contributed by atoms with Gasteiger partial charge in [0.15, 0.2) is 11.8 Å². The predicted octanol–water partition coefficient (Wildman–Crippen LogP) is 5.52. The monoisotopic (exact) mass is 345 g/mol. The van der Waals surface area contributed by atoms with E-state index in [9.17, 15) is 0 Å². The third-order valence-electron chi connectivity index (χ3n) is 5.25. The molecule has 3 aromatic heterocycles. The van der Waals surface area contributed by atoms with Crippen LogP contribution >= 0.6 is 0 Å². The minimum atomic E-state index is 0.481. The first-order valence-electron chi connectivity index (χ1n) is 9.17. The SMILES string of the molecule is Cc1ccc2c(n1)oc1c(-c3cc(C(C)C)c(C)c[n+]3C)c(C)ccc12. The molecule has 0 saturated heterocycles. The van der Waals surface area contributed by atoms with Gasteiger partial charge >= 0.3 is 0 Å². The highest BCUT2D eigenvalue weighted by Crippen LogP contribution is 2.37. The Morgan fingerprint density at radius 3 is 2.42 bits per heavy atom. The first-order valence-corrected chi connectivity index (χ1v) is 9.17. The average Bonchev–Trinajstić information content (AvgIpc) is 2.92. The minimum absolute atomic E-state index is 0.481. The van der Waals surface area contributed by atoms with Crippen molar-refractivity contribution in [3.63, 3.8) is 0 Å². The van der Waals surface area contributed by atoms with Gasteiger partial charge in [0, 0.05) is 28.1 Å². The van der Waals surface area contributed by atoms with E-state index in [1.165, 1.54) is 22.4 Å². The number of pyridine rings is 2. The van der Waals surface area contributed by atoms with Crippen molar-refractivity contribution in [2.45, 2.75) is 40.5 Å². The number of aromatic nitrogens is 2. The van der Waals surface area contributed by atoms with Crippen molar-refractivity contribution in [2.75, 3.05) is 0 Å². The van der Waals surface area contributed by atoms with E-state index in [1.54, 1.807) is 0 Å². The molecule has 0 radical (unpaired) electrons. The number of furan rings is 1. The molecule has 0 aliphatic heterocycles. The van der Waals surface area contributed by atoms with Crippen LogP contribution in [-0.4, -0.2) is 4.98 Å². The van der Waals surface area contributed by atoms with Crippen molar-refractivity contribution in [3.05, 3.63) is 58.9 Å². The molecule has 0 aliphatic rings. The van der Waals surface area contributed by atoms with Gasteiger partial charge in [0.1, 0.15) is 7.05 Å². The molecule has 3 heteroatoms. The van der Waals surface area contributed by atoms with Gasteiger partial charge in [-0.05, 0) is 49.9 Å². The van der Waals surface area contributed by atoms with Gasteiger partial charge in [0.05, 0.1) is 5.56 Å². The lowest BCUT2D eigenvalue weighted by molar-refractivity contribution is -0.660. The van der Waals surface area contributed by atoms with Crippen molar-refractivity contribution in [3.8, 4) is 11.3 Å². The molecule has 0 unspecified atom stereocenters. The van der Waals surface area contributed by atoms with E-state index in [4.69, 9.17) is 4.42 Å². The number of aryl methyl sites for hydroxylation is 4. The second kappa shape index (κ2) is 5.94. The van der Waals surface area contributed by atoms with E-state index in [0.717, 1.165) is 27.6 Å². The quantitative estimate of drug-likeness (QED) is 0.448. The van der Waals surface area contributed by atoms with Gasteiger partial charge < -0.3 is 4.42 Å². The molecule has 0 saturated carbocycles. The lowest BCUT2D eigenvalue weighted by atomic mass is 9.94. The molecule has 0 aliphatic carbocycles. The number of fused-ring (bicyclic) bond motifs is 3. The zero-order valence-corrected chi connectivity index (χ0v) is 16.3. The molecule has 0 N–H and O–H groups in total. The number of rotatable bonds is 2. The zero-order valence-electron chi connectivity index (χ0n) is 16.3. The first-order chi connectivity index (χ1) is 12.4. The third-order valence-corrected chi connectivity index (χ3v) is 5.25. The van der Waals surface area contributed by atoms with E-state index < -0.39 is 0 Å². The van der Waals surface area contributed by atoms with Crippen LogP contribution in [0.4, 0.5) is 0 Å². The summed E-state index contributed by atoms with van der Waals surface area (Å²) in [7, 11) is 2.11. The Hall–Kier alpha value is -2.68. The largest absolute Gasteiger partial charge is 0.437 e. The van der Waals surface area contributed by atoms with Crippen molar-refractivity contribution >= 4 is 22.1 Å². The van der Waals surface area contributed by atoms with E-state index in [0.29, 0.717) is 11.6 Å². The van der Waals surface area contributed by atoms with Crippen LogP contribution in [0.15, 0.2) is 40.9 Å². The molecular weight excluding hydrogens is 320 g/mol. The number of nitrogens with zero attached hydrogens (tertiary/aromatic N) is 2. The summed E-state index contributed by atoms with van der Waals surface area (Å²) in [5, 5.41) is 2.20. The predicted molar refractivity (Wildman–Crippen MR) is 106 cm³/mol. The molecule has 4 aromatic rings. The highest BCUT2D eigenvalue weighted by atomic mass is 16.3. The number of hydrogen-bond acceptors (Lipinski definition) is 2. The van der Waals surface area contributed by atoms with Crippen molar-refractivity contribution < 1.29 is 8.98 Å². The molecule has 26 heavy (non-hydrogen) atoms. The summed E-state index contributed by atoms with van der Waals surface area (Å²) in [5.74, 6) is 0.481. The molecule has 3 nitrogen and oxygen atoms in total. The Kier molecular flexibility index (Phi) is 3.83. The van der Waals surface area contributed by atoms with Gasteiger partial charge in [0.2, 0.25) is 11.4 Å². The lowest BCUT2D eigenvalue weighted by Crippen LogP contribution is -2.32. The molecule has 0 bridgehead atoms. The van der Waals surface area contributed by atoms with Gasteiger partial charge in [-0.25, -0.2) is 9.55 Å². The average molecular weight is 345 g/mol. The maximum atomic E-state index is 6.26. The van der Waals surface area contributed by atoms with Gasteiger partial charge in [0.25, 0.3) is 0 Å². The fourth-order valence-corrected chi connectivity index (χ4v) is 3.90. The minimum Gasteiger partial charge on any atom is -0.437 e. The highest BCUT2D eigenvalue weighted by Gasteiger charge is 2.23.